The molecule has 0 spiro atoms. The van der Waals surface area contributed by atoms with Crippen LogP contribution in [0.2, 0.25) is 0 Å². The van der Waals surface area contributed by atoms with Gasteiger partial charge in [-0.1, -0.05) is 121 Å². The predicted molar refractivity (Wildman–Crippen MR) is 257 cm³/mol. The second kappa shape index (κ2) is 13.9. The normalized spacial score (nSPS) is 11.8. The molecule has 1 aromatic heterocycles. The summed E-state index contributed by atoms with van der Waals surface area (Å²) >= 11 is 0. The van der Waals surface area contributed by atoms with Crippen molar-refractivity contribution < 1.29 is 4.42 Å². The Kier molecular flexibility index (Phi) is 7.98. The molecule has 1 aliphatic rings. The minimum atomic E-state index is 0.885. The average Bonchev–Trinajstić information content (AvgIpc) is 3.69. The van der Waals surface area contributed by atoms with Crippen molar-refractivity contribution in [1.29, 1.82) is 0 Å². The molecule has 0 fully saturated rings. The number of hydrogen-bond acceptors (Lipinski definition) is 3. The van der Waals surface area contributed by atoms with E-state index in [0.29, 0.717) is 0 Å². The molecule has 0 bridgehead atoms. The van der Waals surface area contributed by atoms with E-state index in [-0.39, 0.29) is 0 Å². The Balaban J connectivity index is 0.948. The highest BCUT2D eigenvalue weighted by atomic mass is 16.3. The lowest BCUT2D eigenvalue weighted by Gasteiger charge is -2.29. The van der Waals surface area contributed by atoms with Crippen LogP contribution < -0.4 is 9.80 Å². The van der Waals surface area contributed by atoms with E-state index in [2.05, 4.69) is 224 Å². The molecule has 0 N–H and O–H groups in total. The first-order valence-electron chi connectivity index (χ1n) is 21.0. The van der Waals surface area contributed by atoms with Crippen LogP contribution in [0.15, 0.2) is 211 Å². The molecule has 0 radical (unpaired) electrons. The van der Waals surface area contributed by atoms with E-state index in [9.17, 15) is 0 Å². The van der Waals surface area contributed by atoms with Crippen molar-refractivity contribution in [2.75, 3.05) is 9.80 Å². The number of para-hydroxylation sites is 4. The van der Waals surface area contributed by atoms with Crippen molar-refractivity contribution in [2.24, 2.45) is 0 Å². The van der Waals surface area contributed by atoms with E-state index >= 15 is 0 Å². The summed E-state index contributed by atoms with van der Waals surface area (Å²) in [5.41, 5.74) is 18.5. The Morgan fingerprint density at radius 1 is 0.328 bits per heavy atom. The van der Waals surface area contributed by atoms with Crippen molar-refractivity contribution in [3.05, 3.63) is 217 Å². The molecular weight excluding hydrogens is 741 g/mol. The Morgan fingerprint density at radius 3 is 1.59 bits per heavy atom. The molecule has 0 saturated carbocycles. The SMILES string of the molecule is Cc1ccc(-c2ccccc2)cc1N(c1ccccc1)c1ccc2cc3c(cc2c1)-c1cc2ccc(N(c4ccccc4C)c4cccc5c4oc4ccccc45)cc2cc1-3. The third-order valence-corrected chi connectivity index (χ3v) is 12.6. The van der Waals surface area contributed by atoms with Gasteiger partial charge >= 0.3 is 0 Å². The predicted octanol–water partition coefficient (Wildman–Crippen LogP) is 16.8. The van der Waals surface area contributed by atoms with Gasteiger partial charge in [0.1, 0.15) is 5.58 Å². The molecule has 1 aliphatic carbocycles. The van der Waals surface area contributed by atoms with Crippen LogP contribution in [0.25, 0.3) is 76.9 Å². The second-order valence-electron chi connectivity index (χ2n) is 16.3. The summed E-state index contributed by atoms with van der Waals surface area (Å²) < 4.78 is 6.60. The number of aryl methyl sites for hydroxylation is 2. The van der Waals surface area contributed by atoms with Gasteiger partial charge in [0, 0.05) is 39.2 Å². The van der Waals surface area contributed by atoms with Gasteiger partial charge in [-0.15, -0.1) is 0 Å². The maximum atomic E-state index is 6.60. The van der Waals surface area contributed by atoms with E-state index in [1.54, 1.807) is 0 Å². The lowest BCUT2D eigenvalue weighted by molar-refractivity contribution is 0.669. The van der Waals surface area contributed by atoms with E-state index < -0.39 is 0 Å². The Hall–Kier alpha value is -7.88. The lowest BCUT2D eigenvalue weighted by Crippen LogP contribution is -2.11. The molecule has 1 heterocycles. The van der Waals surface area contributed by atoms with Crippen molar-refractivity contribution in [3.63, 3.8) is 0 Å². The zero-order valence-electron chi connectivity index (χ0n) is 33.9. The first kappa shape index (κ1) is 35.1. The highest BCUT2D eigenvalue weighted by Crippen LogP contribution is 2.52. The third-order valence-electron chi connectivity index (χ3n) is 12.6. The summed E-state index contributed by atoms with van der Waals surface area (Å²) in [7, 11) is 0. The molecule has 0 saturated heterocycles. The molecule has 12 rings (SSSR count). The molecular formula is C58H40N2O. The monoisotopic (exact) mass is 780 g/mol. The summed E-state index contributed by atoms with van der Waals surface area (Å²) in [5, 5.41) is 7.13. The fourth-order valence-electron chi connectivity index (χ4n) is 9.47. The first-order valence-corrected chi connectivity index (χ1v) is 21.0. The number of hydrogen-bond donors (Lipinski definition) is 0. The highest BCUT2D eigenvalue weighted by Gasteiger charge is 2.26. The van der Waals surface area contributed by atoms with Crippen molar-refractivity contribution in [2.45, 2.75) is 13.8 Å². The number of anilines is 6. The maximum absolute atomic E-state index is 6.60. The fourth-order valence-corrected chi connectivity index (χ4v) is 9.47. The molecule has 61 heavy (non-hydrogen) atoms. The smallest absolute Gasteiger partial charge is 0.159 e. The van der Waals surface area contributed by atoms with E-state index in [4.69, 9.17) is 4.42 Å². The summed E-state index contributed by atoms with van der Waals surface area (Å²) in [4.78, 5) is 4.75. The van der Waals surface area contributed by atoms with Gasteiger partial charge in [-0.2, -0.15) is 0 Å². The van der Waals surface area contributed by atoms with Crippen molar-refractivity contribution in [3.8, 4) is 33.4 Å². The minimum Gasteiger partial charge on any atom is -0.454 e. The summed E-state index contributed by atoms with van der Waals surface area (Å²) in [5.74, 6) is 0. The van der Waals surface area contributed by atoms with Crippen molar-refractivity contribution >= 4 is 77.6 Å². The molecule has 3 heteroatoms. The molecule has 0 unspecified atom stereocenters. The first-order chi connectivity index (χ1) is 30.1. The van der Waals surface area contributed by atoms with Crippen LogP contribution in [0.3, 0.4) is 0 Å². The summed E-state index contributed by atoms with van der Waals surface area (Å²) in [6.07, 6.45) is 0. The van der Waals surface area contributed by atoms with Crippen molar-refractivity contribution in [1.82, 2.24) is 0 Å². The van der Waals surface area contributed by atoms with Gasteiger partial charge < -0.3 is 14.2 Å². The second-order valence-corrected chi connectivity index (χ2v) is 16.3. The summed E-state index contributed by atoms with van der Waals surface area (Å²) in [6.45, 7) is 4.38. The van der Waals surface area contributed by atoms with Crippen LogP contribution in [0.1, 0.15) is 11.1 Å². The van der Waals surface area contributed by atoms with Gasteiger partial charge in [0.2, 0.25) is 0 Å². The van der Waals surface area contributed by atoms with Crippen LogP contribution in [0.4, 0.5) is 34.1 Å². The van der Waals surface area contributed by atoms with Gasteiger partial charge in [-0.05, 0) is 165 Å². The summed E-state index contributed by atoms with van der Waals surface area (Å²) in [6, 6.07) is 74.8. The minimum absolute atomic E-state index is 0.885. The fraction of sp³-hybridized carbons (Fsp3) is 0.0345. The molecule has 10 aromatic carbocycles. The van der Waals surface area contributed by atoms with Crippen LogP contribution in [-0.4, -0.2) is 0 Å². The lowest BCUT2D eigenvalue weighted by atomic mass is 9.78. The molecule has 3 nitrogen and oxygen atoms in total. The molecule has 0 aliphatic heterocycles. The Morgan fingerprint density at radius 2 is 0.885 bits per heavy atom. The molecule has 288 valence electrons. The van der Waals surface area contributed by atoms with Gasteiger partial charge in [0.15, 0.2) is 5.58 Å². The van der Waals surface area contributed by atoms with Gasteiger partial charge in [-0.25, -0.2) is 0 Å². The maximum Gasteiger partial charge on any atom is 0.159 e. The number of fused-ring (bicyclic) bond motifs is 9. The van der Waals surface area contributed by atoms with Crippen LogP contribution >= 0.6 is 0 Å². The largest absolute Gasteiger partial charge is 0.454 e. The zero-order valence-corrected chi connectivity index (χ0v) is 33.9. The van der Waals surface area contributed by atoms with E-state index in [1.165, 1.54) is 71.7 Å². The Labute approximate surface area is 355 Å². The van der Waals surface area contributed by atoms with E-state index in [1.807, 2.05) is 6.07 Å². The van der Waals surface area contributed by atoms with Gasteiger partial charge in [0.05, 0.1) is 5.69 Å². The van der Waals surface area contributed by atoms with Gasteiger partial charge in [-0.3, -0.25) is 0 Å². The third kappa shape index (κ3) is 5.73. The highest BCUT2D eigenvalue weighted by molar-refractivity contribution is 6.14. The quantitative estimate of drug-likeness (QED) is 0.161. The van der Waals surface area contributed by atoms with Crippen LogP contribution in [-0.2, 0) is 0 Å². The topological polar surface area (TPSA) is 19.6 Å². The molecule has 0 atom stereocenters. The zero-order chi connectivity index (χ0) is 40.6. The number of rotatable bonds is 7. The standard InChI is InChI=1S/C58H40N2O/c1-37-14-9-11-21-54(37)60(55-22-13-20-49-48-19-10-12-23-57(48)61-58(49)55)47-29-27-41-33-51-52-34-43-30-46(28-26-40(43)32-50(52)53(51)35-44(41)31-47)59(45-17-7-4-8-18-45)56-36-42(25-24-38(56)2)39-15-5-3-6-16-39/h3-36H,1-2H3. The number of furan rings is 1. The van der Waals surface area contributed by atoms with Gasteiger partial charge in [0.25, 0.3) is 0 Å². The van der Waals surface area contributed by atoms with Crippen LogP contribution in [0.5, 0.6) is 0 Å². The number of benzene rings is 10. The Bertz CT molecular complexity index is 3510. The van der Waals surface area contributed by atoms with E-state index in [0.717, 1.165) is 50.4 Å². The molecule has 11 aromatic rings. The molecule has 0 amide bonds. The number of nitrogens with zero attached hydrogens (tertiary/aromatic N) is 2. The average molecular weight is 781 g/mol. The van der Waals surface area contributed by atoms with Crippen LogP contribution in [0, 0.1) is 13.8 Å².